The molecule has 5 heterocycles. The number of aryl methyl sites for hydroxylation is 4. The molecule has 0 aliphatic rings. The number of nitrogens with two attached hydrogens (primary N) is 2. The summed E-state index contributed by atoms with van der Waals surface area (Å²) in [5.74, 6) is -0.416. The van der Waals surface area contributed by atoms with Crippen molar-refractivity contribution in [2.75, 3.05) is 18.6 Å². The fourth-order valence-corrected chi connectivity index (χ4v) is 3.99. The van der Waals surface area contributed by atoms with Crippen LogP contribution in [0.1, 0.15) is 32.1 Å². The van der Waals surface area contributed by atoms with E-state index in [0.717, 1.165) is 0 Å². The average Bonchev–Trinajstić information content (AvgIpc) is 3.74. The van der Waals surface area contributed by atoms with E-state index in [1.165, 1.54) is 50.6 Å². The minimum atomic E-state index is -0.785. The van der Waals surface area contributed by atoms with E-state index >= 15 is 0 Å². The van der Waals surface area contributed by atoms with Crippen molar-refractivity contribution in [3.63, 3.8) is 0 Å². The van der Waals surface area contributed by atoms with Crippen molar-refractivity contribution < 1.29 is 19.1 Å². The Balaban J connectivity index is 1.41. The van der Waals surface area contributed by atoms with Crippen LogP contribution < -0.4 is 11.5 Å². The number of nitrogen functional groups attached to an aromatic ring is 2. The molecule has 0 radical (unpaired) electrons. The second-order valence-electron chi connectivity index (χ2n) is 9.08. The summed E-state index contributed by atoms with van der Waals surface area (Å²) >= 11 is 0. The van der Waals surface area contributed by atoms with Gasteiger partial charge in [-0.1, -0.05) is 0 Å². The second-order valence-corrected chi connectivity index (χ2v) is 9.08. The van der Waals surface area contributed by atoms with Crippen LogP contribution in [0.15, 0.2) is 45.2 Å². The number of carbonyl (C=O) groups excluding carboxylic acids is 3. The number of rotatable bonds is 9. The van der Waals surface area contributed by atoms with E-state index in [-0.39, 0.29) is 63.7 Å². The average molecular weight is 601 g/mol. The number of anilines is 2. The minimum absolute atomic E-state index is 0.00277. The minimum Gasteiger partial charge on any atom is -0.465 e. The molecule has 0 aliphatic carbocycles. The Labute approximate surface area is 247 Å². The van der Waals surface area contributed by atoms with Gasteiger partial charge >= 0.3 is 5.97 Å². The first-order valence-corrected chi connectivity index (χ1v) is 12.5. The summed E-state index contributed by atoms with van der Waals surface area (Å²) in [6, 6.07) is 0. The number of azo groups is 2. The number of aldehydes is 1. The Morgan fingerprint density at radius 1 is 0.773 bits per heavy atom. The first kappa shape index (κ1) is 29.0. The molecule has 44 heavy (non-hydrogen) atoms. The number of nitrogens with zero attached hydrogens (tertiary/aromatic N) is 14. The highest BCUT2D eigenvalue weighted by atomic mass is 16.5. The van der Waals surface area contributed by atoms with E-state index in [2.05, 4.69) is 50.8 Å². The number of hydrogen-bond donors (Lipinski definition) is 2. The SMILES string of the molecule is COC(=O)c1cnn(C)c1N=Nc1c(C)nn(-c2cnc(-n3nc(C)c(N=Nc4c(C(=O)C=O)cnn4C)c3N)cn2)c1N. The van der Waals surface area contributed by atoms with Crippen LogP contribution in [0, 0.1) is 13.8 Å². The van der Waals surface area contributed by atoms with Gasteiger partial charge in [-0.25, -0.2) is 24.1 Å². The predicted octanol–water partition coefficient (Wildman–Crippen LogP) is 2.10. The van der Waals surface area contributed by atoms with Crippen LogP contribution in [0.25, 0.3) is 11.6 Å². The van der Waals surface area contributed by atoms with E-state index < -0.39 is 11.8 Å². The summed E-state index contributed by atoms with van der Waals surface area (Å²) in [5.41, 5.74) is 14.1. The van der Waals surface area contributed by atoms with Crippen LogP contribution in [0.3, 0.4) is 0 Å². The highest BCUT2D eigenvalue weighted by Gasteiger charge is 2.21. The molecule has 5 aromatic rings. The van der Waals surface area contributed by atoms with Crippen molar-refractivity contribution in [3.05, 3.63) is 47.3 Å². The zero-order chi connectivity index (χ0) is 31.7. The molecule has 5 rings (SSSR count). The monoisotopic (exact) mass is 600 g/mol. The Morgan fingerprint density at radius 3 is 1.66 bits per heavy atom. The number of methoxy groups -OCH3 is 1. The van der Waals surface area contributed by atoms with Crippen LogP contribution in [0.2, 0.25) is 0 Å². The summed E-state index contributed by atoms with van der Waals surface area (Å²) < 4.78 is 10.1. The third-order valence-corrected chi connectivity index (χ3v) is 6.27. The molecule has 0 spiro atoms. The van der Waals surface area contributed by atoms with E-state index in [9.17, 15) is 14.4 Å². The van der Waals surface area contributed by atoms with Gasteiger partial charge in [0.25, 0.3) is 0 Å². The standard InChI is InChI=1S/C24H24N16O4/c1-11-18(31-33-22-13(15(42)10-41)6-29-37(22)3)20(25)39(35-11)16-8-28-17(9-27-16)40-21(26)19(12(2)36-40)32-34-23-14(24(43)44-5)7-30-38(23)4/h6-10H,25-26H2,1-5H3. The number of ether oxygens (including phenoxy) is 1. The summed E-state index contributed by atoms with van der Waals surface area (Å²) in [4.78, 5) is 43.6. The smallest absolute Gasteiger partial charge is 0.343 e. The molecule has 0 unspecified atom stereocenters. The summed E-state index contributed by atoms with van der Waals surface area (Å²) in [7, 11) is 4.40. The lowest BCUT2D eigenvalue weighted by molar-refractivity contribution is -0.104. The molecule has 20 nitrogen and oxygen atoms in total. The highest BCUT2D eigenvalue weighted by Crippen LogP contribution is 2.32. The van der Waals surface area contributed by atoms with Crippen LogP contribution in [-0.2, 0) is 23.6 Å². The number of Topliss-reactive ketones (excluding diaryl/α,β-unsaturated/α-hetero) is 1. The van der Waals surface area contributed by atoms with Gasteiger partial charge in [0.05, 0.1) is 48.8 Å². The molecule has 0 aromatic carbocycles. The summed E-state index contributed by atoms with van der Waals surface area (Å²) in [5, 5.41) is 33.3. The number of esters is 1. The maximum absolute atomic E-state index is 12.0. The first-order valence-electron chi connectivity index (χ1n) is 12.5. The second kappa shape index (κ2) is 11.4. The lowest BCUT2D eigenvalue weighted by atomic mass is 10.2. The van der Waals surface area contributed by atoms with E-state index in [1.54, 1.807) is 27.9 Å². The molecule has 0 fully saturated rings. The molecule has 20 heteroatoms. The Morgan fingerprint density at radius 2 is 1.23 bits per heavy atom. The Hall–Kier alpha value is -6.47. The van der Waals surface area contributed by atoms with Gasteiger partial charge in [0.1, 0.15) is 5.56 Å². The number of aromatic nitrogens is 10. The molecule has 5 aromatic heterocycles. The maximum atomic E-state index is 12.0. The lowest BCUT2D eigenvalue weighted by Crippen LogP contribution is -2.08. The van der Waals surface area contributed by atoms with Gasteiger partial charge in [-0.05, 0) is 13.8 Å². The van der Waals surface area contributed by atoms with E-state index in [0.29, 0.717) is 11.4 Å². The molecule has 4 N–H and O–H groups in total. The molecule has 224 valence electrons. The van der Waals surface area contributed by atoms with E-state index in [4.69, 9.17) is 16.2 Å². The van der Waals surface area contributed by atoms with E-state index in [1.807, 2.05) is 0 Å². The lowest BCUT2D eigenvalue weighted by Gasteiger charge is -2.05. The van der Waals surface area contributed by atoms with Crippen LogP contribution in [-0.4, -0.2) is 74.2 Å². The largest absolute Gasteiger partial charge is 0.465 e. The maximum Gasteiger partial charge on any atom is 0.343 e. The van der Waals surface area contributed by atoms with Crippen molar-refractivity contribution in [2.24, 2.45) is 34.6 Å². The zero-order valence-corrected chi connectivity index (χ0v) is 23.9. The molecule has 0 aliphatic heterocycles. The third-order valence-electron chi connectivity index (χ3n) is 6.27. The molecule has 0 saturated heterocycles. The van der Waals surface area contributed by atoms with Crippen molar-refractivity contribution in [1.82, 2.24) is 49.1 Å². The van der Waals surface area contributed by atoms with Gasteiger partial charge in [-0.2, -0.15) is 29.8 Å². The quantitative estimate of drug-likeness (QED) is 0.0810. The third kappa shape index (κ3) is 5.06. The van der Waals surface area contributed by atoms with Gasteiger partial charge in [0.15, 0.2) is 52.6 Å². The number of ketones is 1. The fraction of sp³-hybridized carbons (Fsp3) is 0.208. The van der Waals surface area contributed by atoms with Crippen LogP contribution >= 0.6 is 0 Å². The topological polar surface area (TPSA) is 259 Å². The van der Waals surface area contributed by atoms with Gasteiger partial charge in [-0.15, -0.1) is 20.5 Å². The van der Waals surface area contributed by atoms with Crippen molar-refractivity contribution in [1.29, 1.82) is 0 Å². The Bertz CT molecular complexity index is 1980. The zero-order valence-electron chi connectivity index (χ0n) is 23.9. The molecule has 0 amide bonds. The van der Waals surface area contributed by atoms with Gasteiger partial charge in [0, 0.05) is 14.1 Å². The van der Waals surface area contributed by atoms with Gasteiger partial charge in [-0.3, -0.25) is 9.59 Å². The van der Waals surface area contributed by atoms with Crippen molar-refractivity contribution >= 4 is 52.7 Å². The van der Waals surface area contributed by atoms with Gasteiger partial charge < -0.3 is 16.2 Å². The summed E-state index contributed by atoms with van der Waals surface area (Å²) in [6.07, 6.45) is 5.52. The number of carbonyl (C=O) groups is 3. The Kier molecular flexibility index (Phi) is 7.54. The van der Waals surface area contributed by atoms with Crippen molar-refractivity contribution in [3.8, 4) is 11.6 Å². The predicted molar refractivity (Wildman–Crippen MR) is 151 cm³/mol. The molecule has 0 bridgehead atoms. The van der Waals surface area contributed by atoms with Crippen molar-refractivity contribution in [2.45, 2.75) is 13.8 Å². The van der Waals surface area contributed by atoms with Gasteiger partial charge in [0.2, 0.25) is 5.78 Å². The number of hydrogen-bond acceptors (Lipinski definition) is 16. The van der Waals surface area contributed by atoms with Crippen LogP contribution in [0.4, 0.5) is 34.6 Å². The normalized spacial score (nSPS) is 11.6. The molecule has 0 atom stereocenters. The molecule has 0 saturated carbocycles. The first-order chi connectivity index (χ1) is 21.0. The summed E-state index contributed by atoms with van der Waals surface area (Å²) in [6.45, 7) is 3.34. The fourth-order valence-electron chi connectivity index (χ4n) is 3.99. The molecular weight excluding hydrogens is 576 g/mol. The highest BCUT2D eigenvalue weighted by molar-refractivity contribution is 6.34. The van der Waals surface area contributed by atoms with Crippen LogP contribution in [0.5, 0.6) is 0 Å². The molecular formula is C24H24N16O4.